The average Bonchev–Trinajstić information content (AvgIpc) is 2.80. The summed E-state index contributed by atoms with van der Waals surface area (Å²) < 4.78 is 6.13. The molecule has 16 heavy (non-hydrogen) atoms. The van der Waals surface area contributed by atoms with Crippen LogP contribution in [0.25, 0.3) is 0 Å². The smallest absolute Gasteiger partial charge is 0.192 e. The van der Waals surface area contributed by atoms with Gasteiger partial charge in [-0.15, -0.1) is 0 Å². The first kappa shape index (κ1) is 11.7. The molecule has 1 N–H and O–H groups in total. The summed E-state index contributed by atoms with van der Waals surface area (Å²) in [6.45, 7) is 1.72. The van der Waals surface area contributed by atoms with E-state index in [-0.39, 0.29) is 23.1 Å². The number of rotatable bonds is 1. The Bertz CT molecular complexity index is 346. The van der Waals surface area contributed by atoms with Crippen molar-refractivity contribution >= 4 is 39.5 Å². The van der Waals surface area contributed by atoms with Gasteiger partial charge in [-0.1, -0.05) is 34.4 Å². The highest BCUT2D eigenvalue weighted by Gasteiger charge is 2.69. The summed E-state index contributed by atoms with van der Waals surface area (Å²) in [6, 6.07) is 0. The van der Waals surface area contributed by atoms with Crippen molar-refractivity contribution in [1.82, 2.24) is 0 Å². The molecule has 0 spiro atoms. The number of fused-ring (bicyclic) bond motifs is 1. The highest BCUT2D eigenvalue weighted by atomic mass is 127. The SMILES string of the molecule is CSC(=O)[C@H]1[C@@H]2C[C@H]3[C@H](O[C@@](C)(O)[C@H]31)[C@@H]2I. The number of thioether (sulfide) groups is 1. The van der Waals surface area contributed by atoms with Crippen LogP contribution in [0.2, 0.25) is 0 Å². The van der Waals surface area contributed by atoms with E-state index < -0.39 is 5.79 Å². The molecule has 3 fully saturated rings. The van der Waals surface area contributed by atoms with Crippen LogP contribution in [0.1, 0.15) is 13.3 Å². The summed E-state index contributed by atoms with van der Waals surface area (Å²) in [6.07, 6.45) is 3.05. The molecule has 90 valence electrons. The third-order valence-corrected chi connectivity index (χ3v) is 6.77. The van der Waals surface area contributed by atoms with Gasteiger partial charge in [0.05, 0.1) is 6.10 Å². The lowest BCUT2D eigenvalue weighted by Crippen LogP contribution is -2.41. The van der Waals surface area contributed by atoms with Gasteiger partial charge >= 0.3 is 0 Å². The first-order valence-corrected chi connectivity index (χ1v) is 8.06. The summed E-state index contributed by atoms with van der Waals surface area (Å²) in [4.78, 5) is 12.0. The summed E-state index contributed by atoms with van der Waals surface area (Å²) in [5.74, 6) is -0.276. The molecule has 3 nitrogen and oxygen atoms in total. The number of alkyl halides is 1. The molecule has 0 aromatic carbocycles. The van der Waals surface area contributed by atoms with Crippen molar-refractivity contribution in [3.05, 3.63) is 0 Å². The molecule has 2 saturated carbocycles. The lowest BCUT2D eigenvalue weighted by atomic mass is 9.77. The Hall–Kier alpha value is 0.670. The van der Waals surface area contributed by atoms with Gasteiger partial charge in [0.25, 0.3) is 0 Å². The molecule has 5 heteroatoms. The van der Waals surface area contributed by atoms with E-state index in [1.54, 1.807) is 6.92 Å². The van der Waals surface area contributed by atoms with E-state index in [1.165, 1.54) is 11.8 Å². The zero-order valence-corrected chi connectivity index (χ0v) is 12.2. The molecule has 0 aromatic rings. The third-order valence-electron chi connectivity index (χ3n) is 4.47. The first-order valence-electron chi connectivity index (χ1n) is 5.59. The van der Waals surface area contributed by atoms with Gasteiger partial charge in [0.15, 0.2) is 10.9 Å². The van der Waals surface area contributed by atoms with Gasteiger partial charge in [-0.25, -0.2) is 0 Å². The Kier molecular flexibility index (Phi) is 2.63. The van der Waals surface area contributed by atoms with Crippen molar-refractivity contribution < 1.29 is 14.6 Å². The molecule has 7 atom stereocenters. The van der Waals surface area contributed by atoms with Gasteiger partial charge in [0.2, 0.25) is 0 Å². The van der Waals surface area contributed by atoms with E-state index in [1.807, 2.05) is 6.26 Å². The van der Waals surface area contributed by atoms with Crippen molar-refractivity contribution in [3.8, 4) is 0 Å². The Morgan fingerprint density at radius 1 is 1.56 bits per heavy atom. The Morgan fingerprint density at radius 3 is 2.88 bits per heavy atom. The monoisotopic (exact) mass is 354 g/mol. The number of halogens is 1. The summed E-state index contributed by atoms with van der Waals surface area (Å²) >= 11 is 3.69. The highest BCUT2D eigenvalue weighted by Crippen LogP contribution is 2.64. The predicted molar refractivity (Wildman–Crippen MR) is 70.4 cm³/mol. The molecule has 3 aliphatic rings. The topological polar surface area (TPSA) is 46.5 Å². The average molecular weight is 354 g/mol. The van der Waals surface area contributed by atoms with Crippen molar-refractivity contribution in [2.24, 2.45) is 23.7 Å². The van der Waals surface area contributed by atoms with Gasteiger partial charge in [0.1, 0.15) is 0 Å². The van der Waals surface area contributed by atoms with Crippen LogP contribution in [0, 0.1) is 23.7 Å². The molecule has 0 unspecified atom stereocenters. The van der Waals surface area contributed by atoms with Crippen LogP contribution >= 0.6 is 34.4 Å². The molecule has 1 aliphatic heterocycles. The van der Waals surface area contributed by atoms with Gasteiger partial charge in [-0.3, -0.25) is 4.79 Å². The summed E-state index contributed by atoms with van der Waals surface area (Å²) in [5.41, 5.74) is 0. The minimum absolute atomic E-state index is 0.00403. The number of hydrogen-bond donors (Lipinski definition) is 1. The maximum atomic E-state index is 12.0. The zero-order chi connectivity index (χ0) is 11.7. The van der Waals surface area contributed by atoms with Gasteiger partial charge in [-0.05, 0) is 31.4 Å². The number of carbonyl (C=O) groups excluding carboxylic acids is 1. The minimum Gasteiger partial charge on any atom is -0.365 e. The van der Waals surface area contributed by atoms with Gasteiger partial charge in [-0.2, -0.15) is 0 Å². The van der Waals surface area contributed by atoms with Crippen molar-refractivity contribution in [3.63, 3.8) is 0 Å². The number of hydrogen-bond acceptors (Lipinski definition) is 4. The fraction of sp³-hybridized carbons (Fsp3) is 0.909. The molecule has 0 radical (unpaired) electrons. The molecule has 0 aromatic heterocycles. The molecular formula is C11H15IO3S. The van der Waals surface area contributed by atoms with Crippen LogP contribution in [0.15, 0.2) is 0 Å². The van der Waals surface area contributed by atoms with Gasteiger partial charge in [0, 0.05) is 15.8 Å². The number of aliphatic hydroxyl groups is 1. The van der Waals surface area contributed by atoms with E-state index in [0.717, 1.165) is 6.42 Å². The second kappa shape index (κ2) is 3.59. The standard InChI is InChI=1S/C11H15IO3S/c1-11(14)7-5-3-4(6(7)10(13)16-2)8(12)9(5)15-11/h4-9,14H,3H2,1-2H3/t4-,5+,6-,7+,8+,9-,11+/m0/s1. The molecule has 2 bridgehead atoms. The Labute approximate surface area is 113 Å². The maximum absolute atomic E-state index is 12.0. The van der Waals surface area contributed by atoms with Crippen LogP contribution < -0.4 is 0 Å². The molecule has 1 saturated heterocycles. The maximum Gasteiger partial charge on any atom is 0.192 e. The van der Waals surface area contributed by atoms with Crippen LogP contribution in [0.4, 0.5) is 0 Å². The summed E-state index contributed by atoms with van der Waals surface area (Å²) in [5, 5.41) is 10.5. The molecule has 0 amide bonds. The highest BCUT2D eigenvalue weighted by molar-refractivity contribution is 14.1. The van der Waals surface area contributed by atoms with E-state index in [0.29, 0.717) is 15.8 Å². The van der Waals surface area contributed by atoms with E-state index in [9.17, 15) is 9.90 Å². The van der Waals surface area contributed by atoms with Crippen LogP contribution in [0.5, 0.6) is 0 Å². The lowest BCUT2D eigenvalue weighted by molar-refractivity contribution is -0.196. The van der Waals surface area contributed by atoms with E-state index in [2.05, 4.69) is 22.6 Å². The number of carbonyl (C=O) groups is 1. The van der Waals surface area contributed by atoms with Crippen LogP contribution in [-0.4, -0.2) is 32.3 Å². The largest absolute Gasteiger partial charge is 0.365 e. The molecular weight excluding hydrogens is 339 g/mol. The van der Waals surface area contributed by atoms with Crippen molar-refractivity contribution in [2.45, 2.75) is 29.2 Å². The van der Waals surface area contributed by atoms with E-state index >= 15 is 0 Å². The van der Waals surface area contributed by atoms with Gasteiger partial charge < -0.3 is 9.84 Å². The van der Waals surface area contributed by atoms with Crippen LogP contribution in [0.3, 0.4) is 0 Å². The number of ether oxygens (including phenoxy) is 1. The first-order chi connectivity index (χ1) is 7.47. The Morgan fingerprint density at radius 2 is 2.25 bits per heavy atom. The molecule has 2 aliphatic carbocycles. The predicted octanol–water partition coefficient (Wildman–Crippen LogP) is 1.67. The second-order valence-electron chi connectivity index (χ2n) is 5.22. The van der Waals surface area contributed by atoms with Crippen LogP contribution in [-0.2, 0) is 9.53 Å². The second-order valence-corrected chi connectivity index (χ2v) is 7.47. The molecule has 3 rings (SSSR count). The fourth-order valence-electron chi connectivity index (χ4n) is 3.98. The third kappa shape index (κ3) is 1.31. The fourth-order valence-corrected chi connectivity index (χ4v) is 6.00. The summed E-state index contributed by atoms with van der Waals surface area (Å²) in [7, 11) is 0. The van der Waals surface area contributed by atoms with E-state index in [4.69, 9.17) is 4.74 Å². The molecule has 1 heterocycles. The normalized spacial score (nSPS) is 58.2. The van der Waals surface area contributed by atoms with Crippen molar-refractivity contribution in [2.75, 3.05) is 6.26 Å². The lowest BCUT2D eigenvalue weighted by Gasteiger charge is -2.31. The Balaban J connectivity index is 2.00. The minimum atomic E-state index is -1.10. The quantitative estimate of drug-likeness (QED) is 0.575. The van der Waals surface area contributed by atoms with Crippen molar-refractivity contribution in [1.29, 1.82) is 0 Å². The zero-order valence-electron chi connectivity index (χ0n) is 9.22.